The monoisotopic (exact) mass is 109 g/mol. The van der Waals surface area contributed by atoms with E-state index in [1.165, 1.54) is 0 Å². The molecule has 1 heterocycles. The van der Waals surface area contributed by atoms with Crippen LogP contribution in [0.3, 0.4) is 0 Å². The quantitative estimate of drug-likeness (QED) is 0.396. The average Bonchev–Trinajstić information content (AvgIpc) is 1.98. The van der Waals surface area contributed by atoms with Crippen molar-refractivity contribution in [2.24, 2.45) is 4.99 Å². The van der Waals surface area contributed by atoms with Crippen molar-refractivity contribution in [3.05, 3.63) is 12.8 Å². The molecule has 0 saturated carbocycles. The van der Waals surface area contributed by atoms with Crippen LogP contribution in [0.5, 0.6) is 0 Å². The third kappa shape index (κ3) is 0.484. The number of hydrogen-bond donors (Lipinski definition) is 0. The highest BCUT2D eigenvalue weighted by atomic mass is 16.2. The summed E-state index contributed by atoms with van der Waals surface area (Å²) in [6, 6.07) is 0. The number of amides is 1. The molecule has 0 radical (unpaired) electrons. The van der Waals surface area contributed by atoms with Crippen LogP contribution < -0.4 is 0 Å². The van der Waals surface area contributed by atoms with Crippen molar-refractivity contribution in [1.82, 2.24) is 0 Å². The van der Waals surface area contributed by atoms with Gasteiger partial charge in [-0.15, -0.1) is 0 Å². The second-order valence-electron chi connectivity index (χ2n) is 1.41. The molecule has 1 rings (SSSR count). The Bertz CT molecular complexity index is 153. The van der Waals surface area contributed by atoms with Crippen LogP contribution in [-0.2, 0) is 9.59 Å². The van der Waals surface area contributed by atoms with E-state index in [4.69, 9.17) is 0 Å². The van der Waals surface area contributed by atoms with Gasteiger partial charge in [0.1, 0.15) is 0 Å². The first-order valence-electron chi connectivity index (χ1n) is 2.03. The predicted molar refractivity (Wildman–Crippen MR) is 27.1 cm³/mol. The van der Waals surface area contributed by atoms with Gasteiger partial charge >= 0.3 is 0 Å². The molecule has 8 heavy (non-hydrogen) atoms. The van der Waals surface area contributed by atoms with Crippen molar-refractivity contribution in [2.75, 3.05) is 0 Å². The smallest absolute Gasteiger partial charge is 0.222 e. The van der Waals surface area contributed by atoms with Gasteiger partial charge in [0.15, 0.2) is 0 Å². The topological polar surface area (TPSA) is 46.5 Å². The highest BCUT2D eigenvalue weighted by Gasteiger charge is 2.19. The maximum atomic E-state index is 10.3. The van der Waals surface area contributed by atoms with Crippen LogP contribution in [0.15, 0.2) is 4.99 Å². The summed E-state index contributed by atoms with van der Waals surface area (Å²) in [5.41, 5.74) is 0. The lowest BCUT2D eigenvalue weighted by Gasteiger charge is -1.91. The molecule has 0 N–H and O–H groups in total. The number of rotatable bonds is 0. The van der Waals surface area contributed by atoms with E-state index < -0.39 is 5.91 Å². The van der Waals surface area contributed by atoms with Gasteiger partial charge in [-0.25, -0.2) is 0 Å². The zero-order chi connectivity index (χ0) is 6.15. The molecule has 0 spiro atoms. The maximum Gasteiger partial charge on any atom is 0.222 e. The number of carbonyl (C=O) groups excluding carboxylic acids is 2. The minimum Gasteiger partial charge on any atom is -0.326 e. The molecule has 1 amide bonds. The van der Waals surface area contributed by atoms with Crippen molar-refractivity contribution in [3.63, 3.8) is 0 Å². The second kappa shape index (κ2) is 1.36. The van der Waals surface area contributed by atoms with Crippen molar-refractivity contribution in [3.8, 4) is 0 Å². The van der Waals surface area contributed by atoms with Crippen LogP contribution >= 0.6 is 0 Å². The predicted octanol–water partition coefficient (Wildman–Crippen LogP) is -0.425. The average molecular weight is 109 g/mol. The second-order valence-corrected chi connectivity index (χ2v) is 1.41. The fourth-order valence-corrected chi connectivity index (χ4v) is 0.378. The molecule has 0 unspecified atom stereocenters. The molecule has 0 aromatic rings. The molecule has 3 heteroatoms. The number of carbonyl (C=O) groups is 2. The molecule has 0 aromatic carbocycles. The van der Waals surface area contributed by atoms with E-state index in [-0.39, 0.29) is 11.7 Å². The van der Waals surface area contributed by atoms with E-state index in [1.54, 1.807) is 0 Å². The first kappa shape index (κ1) is 4.90. The number of hydrogen-bond acceptors (Lipinski definition) is 2. The summed E-state index contributed by atoms with van der Waals surface area (Å²) in [6.07, 6.45) is 0.977. The molecule has 0 fully saturated rings. The first-order valence-corrected chi connectivity index (χ1v) is 2.03. The fraction of sp³-hybridized carbons (Fsp3) is 0. The summed E-state index contributed by atoms with van der Waals surface area (Å²) in [4.78, 5) is 23.8. The molecule has 0 bridgehead atoms. The highest BCUT2D eigenvalue weighted by Crippen LogP contribution is 2.05. The van der Waals surface area contributed by atoms with E-state index >= 15 is 0 Å². The molecule has 1 aliphatic rings. The van der Waals surface area contributed by atoms with Gasteiger partial charge < -0.3 is 9.79 Å². The van der Waals surface area contributed by atoms with Gasteiger partial charge in [-0.1, -0.05) is 6.21 Å². The van der Waals surface area contributed by atoms with Crippen molar-refractivity contribution in [1.29, 1.82) is 0 Å². The standard InChI is InChI=1S/C5H3NO2/c1-3-4(7)2-6-5(3)8/h2H,1H2. The van der Waals surface area contributed by atoms with Crippen LogP contribution in [-0.4, -0.2) is 17.9 Å². The fourth-order valence-electron chi connectivity index (χ4n) is 0.378. The Morgan fingerprint density at radius 3 is 2.38 bits per heavy atom. The van der Waals surface area contributed by atoms with Crippen LogP contribution in [0.25, 0.3) is 0 Å². The zero-order valence-electron chi connectivity index (χ0n) is 4.05. The Labute approximate surface area is 46.4 Å². The molecule has 0 aliphatic carbocycles. The summed E-state index contributed by atoms with van der Waals surface area (Å²) in [5, 5.41) is 0. The summed E-state index contributed by atoms with van der Waals surface area (Å²) in [6.45, 7) is 3.19. The highest BCUT2D eigenvalue weighted by molar-refractivity contribution is 6.47. The van der Waals surface area contributed by atoms with Crippen molar-refractivity contribution in [2.45, 2.75) is 0 Å². The SMILES string of the molecule is [CH2+][C-]1C(=O)C=NC1=O. The number of Topliss-reactive ketones (excluding diaryl/α,β-unsaturated/α-hetero) is 1. The molecule has 0 atom stereocenters. The molecule has 0 aromatic heterocycles. The Balaban J connectivity index is 2.84. The first-order chi connectivity index (χ1) is 3.72. The van der Waals surface area contributed by atoms with Crippen molar-refractivity contribution < 1.29 is 9.59 Å². The third-order valence-electron chi connectivity index (χ3n) is 0.855. The molecule has 0 saturated heterocycles. The summed E-state index contributed by atoms with van der Waals surface area (Å²) >= 11 is 0. The summed E-state index contributed by atoms with van der Waals surface area (Å²) < 4.78 is 0. The van der Waals surface area contributed by atoms with Crippen LogP contribution in [0, 0.1) is 12.8 Å². The minimum absolute atomic E-state index is 0.0370. The summed E-state index contributed by atoms with van der Waals surface area (Å²) in [7, 11) is 0. The molecule has 1 aliphatic heterocycles. The third-order valence-corrected chi connectivity index (χ3v) is 0.855. The van der Waals surface area contributed by atoms with E-state index in [0.717, 1.165) is 6.21 Å². The van der Waals surface area contributed by atoms with Gasteiger partial charge in [-0.2, -0.15) is 0 Å². The molecular formula is C5H3NO2. The minimum atomic E-state index is -0.519. The maximum absolute atomic E-state index is 10.3. The number of ketones is 1. The Morgan fingerprint density at radius 2 is 2.25 bits per heavy atom. The Morgan fingerprint density at radius 1 is 1.62 bits per heavy atom. The molecule has 3 nitrogen and oxygen atoms in total. The summed E-state index contributed by atoms with van der Waals surface area (Å²) in [5.74, 6) is -0.935. The molecule has 40 valence electrons. The Hall–Kier alpha value is -1.25. The number of nitrogens with zero attached hydrogens (tertiary/aromatic N) is 1. The van der Waals surface area contributed by atoms with Crippen LogP contribution in [0.2, 0.25) is 0 Å². The molecular weight excluding hydrogens is 106 g/mol. The van der Waals surface area contributed by atoms with E-state index in [1.807, 2.05) is 0 Å². The van der Waals surface area contributed by atoms with E-state index in [2.05, 4.69) is 11.9 Å². The van der Waals surface area contributed by atoms with Crippen LogP contribution in [0.4, 0.5) is 0 Å². The van der Waals surface area contributed by atoms with Gasteiger partial charge in [0.25, 0.3) is 0 Å². The lowest BCUT2D eigenvalue weighted by Crippen LogP contribution is -2.08. The lowest BCUT2D eigenvalue weighted by atomic mass is 10.1. The van der Waals surface area contributed by atoms with Gasteiger partial charge in [0.2, 0.25) is 5.91 Å². The zero-order valence-corrected chi connectivity index (χ0v) is 4.05. The van der Waals surface area contributed by atoms with Crippen molar-refractivity contribution >= 4 is 17.9 Å². The lowest BCUT2D eigenvalue weighted by molar-refractivity contribution is -0.118. The van der Waals surface area contributed by atoms with E-state index in [0.29, 0.717) is 0 Å². The van der Waals surface area contributed by atoms with E-state index in [9.17, 15) is 9.59 Å². The van der Waals surface area contributed by atoms with Gasteiger partial charge in [-0.05, 0) is 0 Å². The number of aliphatic imine (C=N–C) groups is 1. The largest absolute Gasteiger partial charge is 0.326 e. The van der Waals surface area contributed by atoms with Gasteiger partial charge in [0.05, 0.1) is 11.7 Å². The Kier molecular flexibility index (Phi) is 0.836. The normalized spacial score (nSPS) is 18.2. The van der Waals surface area contributed by atoms with Gasteiger partial charge in [0, 0.05) is 6.92 Å². The van der Waals surface area contributed by atoms with Gasteiger partial charge in [-0.3, -0.25) is 4.79 Å². The van der Waals surface area contributed by atoms with Crippen LogP contribution in [0.1, 0.15) is 0 Å².